The zero-order chi connectivity index (χ0) is 16.4. The van der Waals surface area contributed by atoms with E-state index in [1.165, 1.54) is 0 Å². The predicted molar refractivity (Wildman–Crippen MR) is 87.6 cm³/mol. The lowest BCUT2D eigenvalue weighted by molar-refractivity contribution is -0.132. The first kappa shape index (κ1) is 15.3. The molecule has 0 spiro atoms. The molecule has 0 aromatic heterocycles. The largest absolute Gasteiger partial charge is 0.396 e. The van der Waals surface area contributed by atoms with E-state index in [1.54, 1.807) is 12.2 Å². The molecule has 3 heteroatoms. The Morgan fingerprint density at radius 2 is 2.00 bits per heavy atom. The summed E-state index contributed by atoms with van der Waals surface area (Å²) in [5, 5.41) is 9.93. The minimum Gasteiger partial charge on any atom is -0.396 e. The molecule has 0 aromatic carbocycles. The fourth-order valence-electron chi connectivity index (χ4n) is 6.36. The second-order valence-corrected chi connectivity index (χ2v) is 8.53. The third-order valence-corrected chi connectivity index (χ3v) is 7.65. The van der Waals surface area contributed by atoms with Crippen molar-refractivity contribution < 1.29 is 14.7 Å². The van der Waals surface area contributed by atoms with Crippen LogP contribution in [0.15, 0.2) is 23.8 Å². The monoisotopic (exact) mass is 314 g/mol. The topological polar surface area (TPSA) is 54.4 Å². The van der Waals surface area contributed by atoms with Gasteiger partial charge < -0.3 is 5.11 Å². The van der Waals surface area contributed by atoms with Crippen molar-refractivity contribution in [2.75, 3.05) is 6.61 Å². The van der Waals surface area contributed by atoms with Gasteiger partial charge in [0.25, 0.3) is 0 Å². The molecule has 0 aliphatic heterocycles. The molecule has 0 amide bonds. The Balaban J connectivity index is 1.77. The maximum Gasteiger partial charge on any atom is 0.178 e. The van der Waals surface area contributed by atoms with Crippen molar-refractivity contribution in [1.29, 1.82) is 0 Å². The van der Waals surface area contributed by atoms with E-state index in [4.69, 9.17) is 0 Å². The molecule has 0 saturated heterocycles. The van der Waals surface area contributed by atoms with Gasteiger partial charge in [0.05, 0.1) is 0 Å². The number of fused-ring (bicyclic) bond motifs is 5. The molecule has 4 aliphatic rings. The standard InChI is InChI=1S/C20H26O3/c1-19-7-5-13(22)10-17(19)12(11-21)9-14-15-3-4-18(23)20(15,2)8-6-16(14)19/h5,7,10,12,14-16,21H,3-4,6,8-9,11H2,1-2H3. The summed E-state index contributed by atoms with van der Waals surface area (Å²) in [6, 6.07) is 0. The van der Waals surface area contributed by atoms with Gasteiger partial charge in [0.15, 0.2) is 5.78 Å². The van der Waals surface area contributed by atoms with Crippen LogP contribution >= 0.6 is 0 Å². The molecule has 0 heterocycles. The van der Waals surface area contributed by atoms with E-state index in [2.05, 4.69) is 19.9 Å². The molecule has 0 radical (unpaired) electrons. The summed E-state index contributed by atoms with van der Waals surface area (Å²) in [5.74, 6) is 1.98. The number of carbonyl (C=O) groups is 2. The van der Waals surface area contributed by atoms with Crippen molar-refractivity contribution in [3.05, 3.63) is 23.8 Å². The second-order valence-electron chi connectivity index (χ2n) is 8.53. The average molecular weight is 314 g/mol. The van der Waals surface area contributed by atoms with E-state index in [9.17, 15) is 14.7 Å². The van der Waals surface area contributed by atoms with Crippen LogP contribution in [0, 0.1) is 34.5 Å². The van der Waals surface area contributed by atoms with Gasteiger partial charge in [-0.05, 0) is 55.6 Å². The van der Waals surface area contributed by atoms with Crippen LogP contribution in [0.4, 0.5) is 0 Å². The summed E-state index contributed by atoms with van der Waals surface area (Å²) >= 11 is 0. The molecular weight excluding hydrogens is 288 g/mol. The smallest absolute Gasteiger partial charge is 0.178 e. The molecular formula is C20H26O3. The second kappa shape index (κ2) is 4.89. The number of rotatable bonds is 1. The van der Waals surface area contributed by atoms with Crippen molar-refractivity contribution in [2.45, 2.75) is 46.0 Å². The summed E-state index contributed by atoms with van der Waals surface area (Å²) in [6.45, 7) is 4.51. The van der Waals surface area contributed by atoms with Crippen LogP contribution in [0.2, 0.25) is 0 Å². The fraction of sp³-hybridized carbons (Fsp3) is 0.700. The van der Waals surface area contributed by atoms with Crippen LogP contribution in [-0.2, 0) is 9.59 Å². The minimum atomic E-state index is -0.146. The molecule has 6 unspecified atom stereocenters. The molecule has 4 rings (SSSR count). The Morgan fingerprint density at radius 3 is 2.74 bits per heavy atom. The SMILES string of the molecule is CC12C=CC(=O)C=C1C(CO)CC1C2CCC2(C)C(=O)CCC12. The molecule has 23 heavy (non-hydrogen) atoms. The Hall–Kier alpha value is -1.22. The first-order valence-electron chi connectivity index (χ1n) is 8.99. The van der Waals surface area contributed by atoms with Crippen molar-refractivity contribution in [2.24, 2.45) is 34.5 Å². The number of allylic oxidation sites excluding steroid dienone is 3. The molecule has 3 fully saturated rings. The van der Waals surface area contributed by atoms with Crippen LogP contribution in [0.3, 0.4) is 0 Å². The lowest BCUT2D eigenvalue weighted by atomic mass is 9.46. The van der Waals surface area contributed by atoms with Gasteiger partial charge in [-0.25, -0.2) is 0 Å². The molecule has 124 valence electrons. The van der Waals surface area contributed by atoms with Crippen molar-refractivity contribution >= 4 is 11.6 Å². The summed E-state index contributed by atoms with van der Waals surface area (Å²) < 4.78 is 0. The van der Waals surface area contributed by atoms with Crippen molar-refractivity contribution in [1.82, 2.24) is 0 Å². The van der Waals surface area contributed by atoms with E-state index in [-0.39, 0.29) is 29.1 Å². The van der Waals surface area contributed by atoms with Gasteiger partial charge in [-0.3, -0.25) is 9.59 Å². The van der Waals surface area contributed by atoms with E-state index >= 15 is 0 Å². The number of carbonyl (C=O) groups excluding carboxylic acids is 2. The number of aliphatic hydroxyl groups excluding tert-OH is 1. The Kier molecular flexibility index (Phi) is 3.26. The first-order chi connectivity index (χ1) is 10.9. The number of aliphatic hydroxyl groups is 1. The highest BCUT2D eigenvalue weighted by Gasteiger charge is 2.59. The highest BCUT2D eigenvalue weighted by Crippen LogP contribution is 2.64. The van der Waals surface area contributed by atoms with Crippen molar-refractivity contribution in [3.8, 4) is 0 Å². The Labute approximate surface area is 137 Å². The highest BCUT2D eigenvalue weighted by molar-refractivity contribution is 6.01. The quantitative estimate of drug-likeness (QED) is 0.809. The highest BCUT2D eigenvalue weighted by atomic mass is 16.3. The number of hydrogen-bond acceptors (Lipinski definition) is 3. The van der Waals surface area contributed by atoms with Gasteiger partial charge in [-0.15, -0.1) is 0 Å². The molecule has 0 aromatic rings. The molecule has 6 atom stereocenters. The maximum atomic E-state index is 12.4. The maximum absolute atomic E-state index is 12.4. The van der Waals surface area contributed by atoms with Gasteiger partial charge >= 0.3 is 0 Å². The number of hydrogen-bond donors (Lipinski definition) is 1. The fourth-order valence-corrected chi connectivity index (χ4v) is 6.36. The van der Waals surface area contributed by atoms with Crippen LogP contribution in [-0.4, -0.2) is 23.3 Å². The average Bonchev–Trinajstić information content (AvgIpc) is 2.83. The summed E-state index contributed by atoms with van der Waals surface area (Å²) in [5.41, 5.74) is 0.853. The summed E-state index contributed by atoms with van der Waals surface area (Å²) in [6.07, 6.45) is 10.2. The zero-order valence-corrected chi connectivity index (χ0v) is 14.0. The number of Topliss-reactive ketones (excluding diaryl/α,β-unsaturated/α-hetero) is 1. The first-order valence-corrected chi connectivity index (χ1v) is 8.99. The predicted octanol–water partition coefficient (Wildman–Crippen LogP) is 3.08. The zero-order valence-electron chi connectivity index (χ0n) is 14.0. The van der Waals surface area contributed by atoms with Crippen LogP contribution in [0.25, 0.3) is 0 Å². The van der Waals surface area contributed by atoms with Gasteiger partial charge in [-0.2, -0.15) is 0 Å². The van der Waals surface area contributed by atoms with Crippen LogP contribution in [0.5, 0.6) is 0 Å². The van der Waals surface area contributed by atoms with E-state index in [0.29, 0.717) is 23.5 Å². The van der Waals surface area contributed by atoms with Gasteiger partial charge in [0.1, 0.15) is 5.78 Å². The van der Waals surface area contributed by atoms with E-state index in [0.717, 1.165) is 37.7 Å². The molecule has 0 bridgehead atoms. The van der Waals surface area contributed by atoms with Gasteiger partial charge in [0.2, 0.25) is 0 Å². The molecule has 3 saturated carbocycles. The van der Waals surface area contributed by atoms with Crippen LogP contribution < -0.4 is 0 Å². The normalized spacial score (nSPS) is 48.6. The summed E-state index contributed by atoms with van der Waals surface area (Å²) in [4.78, 5) is 24.3. The Morgan fingerprint density at radius 1 is 1.22 bits per heavy atom. The summed E-state index contributed by atoms with van der Waals surface area (Å²) in [7, 11) is 0. The lowest BCUT2D eigenvalue weighted by Gasteiger charge is -2.57. The molecule has 4 aliphatic carbocycles. The van der Waals surface area contributed by atoms with Gasteiger partial charge in [-0.1, -0.05) is 25.5 Å². The molecule has 3 nitrogen and oxygen atoms in total. The van der Waals surface area contributed by atoms with Gasteiger partial charge in [0, 0.05) is 29.8 Å². The van der Waals surface area contributed by atoms with E-state index < -0.39 is 0 Å². The van der Waals surface area contributed by atoms with Crippen LogP contribution in [0.1, 0.15) is 46.0 Å². The number of ketones is 2. The third kappa shape index (κ3) is 1.92. The van der Waals surface area contributed by atoms with Crippen molar-refractivity contribution in [3.63, 3.8) is 0 Å². The Bertz CT molecular complexity index is 631. The minimum absolute atomic E-state index is 0.0473. The third-order valence-electron chi connectivity index (χ3n) is 7.65. The molecule has 1 N–H and O–H groups in total. The lowest BCUT2D eigenvalue weighted by Crippen LogP contribution is -2.52. The van der Waals surface area contributed by atoms with E-state index in [1.807, 2.05) is 0 Å².